The van der Waals surface area contributed by atoms with E-state index in [1.807, 2.05) is 0 Å². The zero-order valence-corrected chi connectivity index (χ0v) is 10.8. The predicted octanol–water partition coefficient (Wildman–Crippen LogP) is 0.865. The monoisotopic (exact) mass is 294 g/mol. The number of primary amides is 1. The number of carbonyl (C=O) groups is 1. The lowest BCUT2D eigenvalue weighted by Crippen LogP contribution is -2.11. The molecular weight excluding hydrogens is 287 g/mol. The third-order valence-corrected chi connectivity index (χ3v) is 3.06. The van der Waals surface area contributed by atoms with Crippen molar-refractivity contribution < 1.29 is 9.18 Å². The minimum Gasteiger partial charge on any atom is -0.364 e. The third kappa shape index (κ3) is 1.99. The van der Waals surface area contributed by atoms with Gasteiger partial charge < -0.3 is 10.1 Å². The molecule has 0 fully saturated rings. The van der Waals surface area contributed by atoms with Gasteiger partial charge in [0, 0.05) is 6.20 Å². The van der Waals surface area contributed by atoms with Crippen LogP contribution in [0.5, 0.6) is 0 Å². The molecule has 0 atom stereocenters. The first-order valence-electron chi connectivity index (χ1n) is 5.55. The van der Waals surface area contributed by atoms with E-state index in [0.29, 0.717) is 5.69 Å². The van der Waals surface area contributed by atoms with Crippen molar-refractivity contribution in [2.75, 3.05) is 0 Å². The van der Waals surface area contributed by atoms with Gasteiger partial charge in [0.05, 0.1) is 29.8 Å². The second-order valence-corrected chi connectivity index (χ2v) is 4.50. The Bertz CT molecular complexity index is 810. The first-order chi connectivity index (χ1) is 9.56. The predicted molar refractivity (Wildman–Crippen MR) is 67.8 cm³/mol. The molecule has 0 radical (unpaired) electrons. The van der Waals surface area contributed by atoms with Gasteiger partial charge >= 0.3 is 0 Å². The highest BCUT2D eigenvalue weighted by molar-refractivity contribution is 6.31. The fraction of sp³-hybridized carbons (Fsp3) is 0.0909. The summed E-state index contributed by atoms with van der Waals surface area (Å²) < 4.78 is 16.9. The molecule has 9 heteroatoms. The summed E-state index contributed by atoms with van der Waals surface area (Å²) in [5.41, 5.74) is 5.80. The van der Waals surface area contributed by atoms with Crippen LogP contribution < -0.4 is 5.73 Å². The van der Waals surface area contributed by atoms with Gasteiger partial charge in [0.2, 0.25) is 0 Å². The number of nitrogens with two attached hydrogens (primary N) is 1. The maximum Gasteiger partial charge on any atom is 0.270 e. The number of aromatic nitrogens is 5. The molecule has 2 N–H and O–H groups in total. The summed E-state index contributed by atoms with van der Waals surface area (Å²) in [6, 6.07) is 1.44. The third-order valence-electron chi connectivity index (χ3n) is 2.77. The minimum atomic E-state index is -0.680. The van der Waals surface area contributed by atoms with Crippen LogP contribution in [0.4, 0.5) is 4.39 Å². The van der Waals surface area contributed by atoms with Gasteiger partial charge in [-0.25, -0.2) is 14.1 Å². The number of hydrogen-bond acceptors (Lipinski definition) is 4. The van der Waals surface area contributed by atoms with Crippen LogP contribution >= 0.6 is 11.6 Å². The number of fused-ring (bicyclic) bond motifs is 1. The summed E-state index contributed by atoms with van der Waals surface area (Å²) in [5, 5.41) is 7.34. The minimum absolute atomic E-state index is 0.00988. The van der Waals surface area contributed by atoms with E-state index in [1.165, 1.54) is 27.7 Å². The average molecular weight is 295 g/mol. The Morgan fingerprint density at radius 2 is 2.30 bits per heavy atom. The SMILES string of the molecule is NC(=O)c1cn(Cc2ncn3ccc(Cl)c(F)c23)nn1. The van der Waals surface area contributed by atoms with Crippen molar-refractivity contribution in [2.45, 2.75) is 6.54 Å². The van der Waals surface area contributed by atoms with E-state index in [1.54, 1.807) is 6.20 Å². The Labute approximate surface area is 116 Å². The van der Waals surface area contributed by atoms with Gasteiger partial charge in [0.25, 0.3) is 5.91 Å². The van der Waals surface area contributed by atoms with Crippen molar-refractivity contribution in [3.63, 3.8) is 0 Å². The Balaban J connectivity index is 2.02. The second kappa shape index (κ2) is 4.57. The number of imidazole rings is 1. The zero-order valence-electron chi connectivity index (χ0n) is 9.99. The molecule has 0 aromatic carbocycles. The maximum atomic E-state index is 14.0. The van der Waals surface area contributed by atoms with Gasteiger partial charge in [-0.2, -0.15) is 0 Å². The number of nitrogens with zero attached hydrogens (tertiary/aromatic N) is 5. The van der Waals surface area contributed by atoms with Gasteiger partial charge in [0.15, 0.2) is 11.5 Å². The quantitative estimate of drug-likeness (QED) is 0.776. The van der Waals surface area contributed by atoms with E-state index in [4.69, 9.17) is 17.3 Å². The van der Waals surface area contributed by atoms with Gasteiger partial charge in [-0.1, -0.05) is 16.8 Å². The summed E-state index contributed by atoms with van der Waals surface area (Å²) in [7, 11) is 0. The Morgan fingerprint density at radius 3 is 3.00 bits per heavy atom. The molecule has 0 bridgehead atoms. The summed E-state index contributed by atoms with van der Waals surface area (Å²) in [6.45, 7) is 0.147. The smallest absolute Gasteiger partial charge is 0.270 e. The van der Waals surface area contributed by atoms with E-state index in [-0.39, 0.29) is 22.8 Å². The van der Waals surface area contributed by atoms with E-state index < -0.39 is 11.7 Å². The molecule has 0 saturated heterocycles. The lowest BCUT2D eigenvalue weighted by Gasteiger charge is -2.01. The molecule has 0 spiro atoms. The second-order valence-electron chi connectivity index (χ2n) is 4.09. The molecule has 7 nitrogen and oxygen atoms in total. The van der Waals surface area contributed by atoms with Crippen molar-refractivity contribution in [2.24, 2.45) is 5.73 Å². The van der Waals surface area contributed by atoms with E-state index in [0.717, 1.165) is 0 Å². The normalized spacial score (nSPS) is 11.1. The molecule has 0 aliphatic carbocycles. The highest BCUT2D eigenvalue weighted by Gasteiger charge is 2.14. The summed E-state index contributed by atoms with van der Waals surface area (Å²) in [6.07, 6.45) is 4.44. The van der Waals surface area contributed by atoms with Crippen molar-refractivity contribution in [1.29, 1.82) is 0 Å². The molecule has 3 aromatic heterocycles. The van der Waals surface area contributed by atoms with Crippen molar-refractivity contribution >= 4 is 23.0 Å². The molecule has 3 aromatic rings. The van der Waals surface area contributed by atoms with Crippen LogP contribution in [0.3, 0.4) is 0 Å². The van der Waals surface area contributed by atoms with Gasteiger partial charge in [-0.05, 0) is 6.07 Å². The van der Waals surface area contributed by atoms with E-state index in [9.17, 15) is 9.18 Å². The first kappa shape index (κ1) is 12.5. The van der Waals surface area contributed by atoms with Crippen LogP contribution in [0.25, 0.3) is 5.52 Å². The highest BCUT2D eigenvalue weighted by atomic mass is 35.5. The van der Waals surface area contributed by atoms with Crippen molar-refractivity contribution in [1.82, 2.24) is 24.4 Å². The molecule has 3 rings (SSSR count). The lowest BCUT2D eigenvalue weighted by atomic mass is 10.3. The van der Waals surface area contributed by atoms with Gasteiger partial charge in [-0.15, -0.1) is 5.10 Å². The topological polar surface area (TPSA) is 91.1 Å². The van der Waals surface area contributed by atoms with Crippen LogP contribution in [-0.4, -0.2) is 30.3 Å². The molecule has 0 aliphatic heterocycles. The Kier molecular flexibility index (Phi) is 2.87. The number of halogens is 2. The fourth-order valence-corrected chi connectivity index (χ4v) is 1.99. The van der Waals surface area contributed by atoms with E-state index in [2.05, 4.69) is 15.3 Å². The van der Waals surface area contributed by atoms with Crippen LogP contribution in [0.2, 0.25) is 5.02 Å². The van der Waals surface area contributed by atoms with Crippen LogP contribution in [0, 0.1) is 5.82 Å². The molecule has 0 unspecified atom stereocenters. The molecule has 3 heterocycles. The van der Waals surface area contributed by atoms with Crippen molar-refractivity contribution in [3.05, 3.63) is 47.0 Å². The number of pyridine rings is 1. The van der Waals surface area contributed by atoms with Gasteiger partial charge in [0.1, 0.15) is 5.52 Å². The summed E-state index contributed by atoms with van der Waals surface area (Å²) >= 11 is 5.75. The number of amides is 1. The van der Waals surface area contributed by atoms with Crippen LogP contribution in [-0.2, 0) is 6.54 Å². The Hall–Kier alpha value is -2.48. The van der Waals surface area contributed by atoms with Crippen molar-refractivity contribution in [3.8, 4) is 0 Å². The Morgan fingerprint density at radius 1 is 1.50 bits per heavy atom. The van der Waals surface area contributed by atoms with Crippen LogP contribution in [0.15, 0.2) is 24.8 Å². The summed E-state index contributed by atoms with van der Waals surface area (Å²) in [4.78, 5) is 15.0. The first-order valence-corrected chi connectivity index (χ1v) is 5.93. The lowest BCUT2D eigenvalue weighted by molar-refractivity contribution is 0.0995. The number of carbonyl (C=O) groups excluding carboxylic acids is 1. The fourth-order valence-electron chi connectivity index (χ4n) is 1.84. The summed E-state index contributed by atoms with van der Waals surface area (Å²) in [5.74, 6) is -1.24. The van der Waals surface area contributed by atoms with Gasteiger partial charge in [-0.3, -0.25) is 4.79 Å². The molecule has 20 heavy (non-hydrogen) atoms. The largest absolute Gasteiger partial charge is 0.364 e. The number of hydrogen-bond donors (Lipinski definition) is 1. The standard InChI is InChI=1S/C11H8ClFN6O/c12-6-1-2-18-5-15-7(10(18)9(6)13)3-19-4-8(11(14)20)16-17-19/h1-2,4-5H,3H2,(H2,14,20). The molecule has 1 amide bonds. The average Bonchev–Trinajstić information content (AvgIpc) is 3.02. The highest BCUT2D eigenvalue weighted by Crippen LogP contribution is 2.22. The number of rotatable bonds is 3. The molecule has 0 aliphatic rings. The maximum absolute atomic E-state index is 14.0. The molecule has 0 saturated carbocycles. The molecular formula is C11H8ClFN6O. The van der Waals surface area contributed by atoms with E-state index >= 15 is 0 Å². The molecule has 102 valence electrons. The zero-order chi connectivity index (χ0) is 14.3. The van der Waals surface area contributed by atoms with Crippen LogP contribution in [0.1, 0.15) is 16.2 Å².